The number of phenols is 1. The van der Waals surface area contributed by atoms with Crippen molar-refractivity contribution in [3.8, 4) is 5.75 Å². The Bertz CT molecular complexity index is 661. The summed E-state index contributed by atoms with van der Waals surface area (Å²) in [5.41, 5.74) is 0.932. The Morgan fingerprint density at radius 3 is 2.57 bits per heavy atom. The summed E-state index contributed by atoms with van der Waals surface area (Å²) in [6.45, 7) is 15.8. The molecule has 0 amide bonds. The van der Waals surface area contributed by atoms with Crippen molar-refractivity contribution in [3.63, 3.8) is 0 Å². The number of phenolic OH excluding ortho intramolecular Hbond substituents is 1. The van der Waals surface area contributed by atoms with E-state index < -0.39 is 0 Å². The van der Waals surface area contributed by atoms with Gasteiger partial charge in [0, 0.05) is 52.4 Å². The number of likely N-dealkylation sites (tertiary alicyclic amines) is 1. The number of piperidine rings is 1. The fourth-order valence-corrected chi connectivity index (χ4v) is 4.51. The molecule has 170 valence electrons. The summed E-state index contributed by atoms with van der Waals surface area (Å²) in [5, 5.41) is 13.6. The third-order valence-corrected chi connectivity index (χ3v) is 5.86. The van der Waals surface area contributed by atoms with Crippen molar-refractivity contribution >= 4 is 35.6 Å². The fraction of sp³-hybridized carbons (Fsp3) is 0.696. The van der Waals surface area contributed by atoms with Crippen LogP contribution in [0, 0.1) is 11.8 Å². The molecule has 0 spiro atoms. The van der Waals surface area contributed by atoms with Crippen molar-refractivity contribution in [2.75, 3.05) is 63.8 Å². The molecule has 2 aliphatic heterocycles. The third kappa shape index (κ3) is 7.18. The van der Waals surface area contributed by atoms with Crippen LogP contribution < -0.4 is 10.2 Å². The maximum absolute atomic E-state index is 10.1. The maximum Gasteiger partial charge on any atom is 0.194 e. The van der Waals surface area contributed by atoms with E-state index in [9.17, 15) is 5.11 Å². The molecule has 2 heterocycles. The lowest BCUT2D eigenvalue weighted by Gasteiger charge is -2.38. The molecule has 1 aromatic rings. The first-order chi connectivity index (χ1) is 14.1. The van der Waals surface area contributed by atoms with E-state index in [-0.39, 0.29) is 24.0 Å². The molecule has 0 bridgehead atoms. The summed E-state index contributed by atoms with van der Waals surface area (Å²) in [7, 11) is 0. The molecule has 2 fully saturated rings. The number of rotatable bonds is 6. The van der Waals surface area contributed by atoms with Crippen molar-refractivity contribution in [2.45, 2.75) is 33.6 Å². The van der Waals surface area contributed by atoms with Gasteiger partial charge in [0.1, 0.15) is 5.75 Å². The van der Waals surface area contributed by atoms with Gasteiger partial charge in [0.05, 0.1) is 5.69 Å². The lowest BCUT2D eigenvalue weighted by atomic mass is 9.97. The summed E-state index contributed by atoms with van der Waals surface area (Å²) in [6, 6.07) is 7.62. The predicted octanol–water partition coefficient (Wildman–Crippen LogP) is 3.47. The number of aliphatic imine (C=N–C) groups is 1. The lowest BCUT2D eigenvalue weighted by molar-refractivity contribution is 0.162. The number of nitrogens with one attached hydrogen (secondary N) is 1. The first-order valence-corrected chi connectivity index (χ1v) is 11.3. The highest BCUT2D eigenvalue weighted by Gasteiger charge is 2.23. The van der Waals surface area contributed by atoms with Crippen LogP contribution in [-0.4, -0.2) is 79.8 Å². The summed E-state index contributed by atoms with van der Waals surface area (Å²) in [6.07, 6.45) is 2.58. The maximum atomic E-state index is 10.1. The number of piperazine rings is 1. The number of aromatic hydroxyl groups is 1. The van der Waals surface area contributed by atoms with Gasteiger partial charge < -0.3 is 25.1 Å². The Balaban J connectivity index is 0.00000320. The molecule has 3 rings (SSSR count). The Morgan fingerprint density at radius 2 is 1.90 bits per heavy atom. The minimum Gasteiger partial charge on any atom is -0.506 e. The largest absolute Gasteiger partial charge is 0.506 e. The van der Waals surface area contributed by atoms with E-state index >= 15 is 0 Å². The highest BCUT2D eigenvalue weighted by Crippen LogP contribution is 2.27. The number of hydrogen-bond donors (Lipinski definition) is 2. The average molecular weight is 530 g/mol. The highest BCUT2D eigenvalue weighted by molar-refractivity contribution is 14.0. The molecule has 2 N–H and O–H groups in total. The van der Waals surface area contributed by atoms with Crippen LogP contribution in [0.3, 0.4) is 0 Å². The van der Waals surface area contributed by atoms with Crippen molar-refractivity contribution in [2.24, 2.45) is 16.8 Å². The van der Waals surface area contributed by atoms with Gasteiger partial charge in [-0.05, 0) is 50.3 Å². The molecule has 1 unspecified atom stereocenters. The van der Waals surface area contributed by atoms with Gasteiger partial charge in [-0.1, -0.05) is 26.0 Å². The SMILES string of the molecule is CCNC(=NCC1CCCN(CC(C)C)C1)N1CCN(c2ccccc2O)CC1.I. The quantitative estimate of drug-likeness (QED) is 0.336. The van der Waals surface area contributed by atoms with Crippen LogP contribution in [0.2, 0.25) is 0 Å². The number of benzene rings is 1. The topological polar surface area (TPSA) is 54.3 Å². The standard InChI is InChI=1S/C23H39N5O.HI/c1-4-24-23(25-16-20-8-7-11-26(18-20)17-19(2)3)28-14-12-27(13-15-28)21-9-5-6-10-22(21)29;/h5-6,9-10,19-20,29H,4,7-8,11-18H2,1-3H3,(H,24,25);1H. The normalized spacial score (nSPS) is 20.9. The van der Waals surface area contributed by atoms with Gasteiger partial charge >= 0.3 is 0 Å². The molecule has 0 saturated carbocycles. The van der Waals surface area contributed by atoms with Gasteiger partial charge in [-0.2, -0.15) is 0 Å². The van der Waals surface area contributed by atoms with Crippen LogP contribution in [0.5, 0.6) is 5.75 Å². The van der Waals surface area contributed by atoms with E-state index in [1.807, 2.05) is 18.2 Å². The Labute approximate surface area is 199 Å². The van der Waals surface area contributed by atoms with E-state index in [1.165, 1.54) is 32.5 Å². The van der Waals surface area contributed by atoms with E-state index in [4.69, 9.17) is 4.99 Å². The van der Waals surface area contributed by atoms with Crippen molar-refractivity contribution in [1.29, 1.82) is 0 Å². The Kier molecular flexibility index (Phi) is 10.5. The van der Waals surface area contributed by atoms with Crippen LogP contribution in [-0.2, 0) is 0 Å². The second-order valence-corrected chi connectivity index (χ2v) is 8.82. The Hall–Kier alpha value is -1.22. The molecular weight excluding hydrogens is 489 g/mol. The van der Waals surface area contributed by atoms with Crippen LogP contribution in [0.15, 0.2) is 29.3 Å². The number of para-hydroxylation sites is 2. The van der Waals surface area contributed by atoms with Crippen LogP contribution in [0.4, 0.5) is 5.69 Å². The van der Waals surface area contributed by atoms with Crippen molar-refractivity contribution in [1.82, 2.24) is 15.1 Å². The van der Waals surface area contributed by atoms with Gasteiger partial charge in [-0.15, -0.1) is 24.0 Å². The molecule has 6 nitrogen and oxygen atoms in total. The van der Waals surface area contributed by atoms with E-state index in [0.29, 0.717) is 11.7 Å². The number of nitrogens with zero attached hydrogens (tertiary/aromatic N) is 4. The lowest BCUT2D eigenvalue weighted by Crippen LogP contribution is -2.52. The zero-order valence-electron chi connectivity index (χ0n) is 18.9. The van der Waals surface area contributed by atoms with E-state index in [2.05, 4.69) is 40.8 Å². The third-order valence-electron chi connectivity index (χ3n) is 5.86. The minimum atomic E-state index is 0. The predicted molar refractivity (Wildman–Crippen MR) is 137 cm³/mol. The van der Waals surface area contributed by atoms with Gasteiger partial charge in [0.2, 0.25) is 0 Å². The number of hydrogen-bond acceptors (Lipinski definition) is 4. The van der Waals surface area contributed by atoms with Crippen LogP contribution in [0.1, 0.15) is 33.6 Å². The molecule has 0 aromatic heterocycles. The van der Waals surface area contributed by atoms with Gasteiger partial charge in [0.25, 0.3) is 0 Å². The molecule has 0 aliphatic carbocycles. The van der Waals surface area contributed by atoms with Crippen LogP contribution >= 0.6 is 24.0 Å². The summed E-state index contributed by atoms with van der Waals surface area (Å²) in [4.78, 5) is 12.3. The van der Waals surface area contributed by atoms with Crippen molar-refractivity contribution in [3.05, 3.63) is 24.3 Å². The molecule has 0 radical (unpaired) electrons. The molecule has 1 aromatic carbocycles. The van der Waals surface area contributed by atoms with Crippen LogP contribution in [0.25, 0.3) is 0 Å². The fourth-order valence-electron chi connectivity index (χ4n) is 4.51. The van der Waals surface area contributed by atoms with Crippen molar-refractivity contribution < 1.29 is 5.11 Å². The van der Waals surface area contributed by atoms with Gasteiger partial charge in [0.15, 0.2) is 5.96 Å². The molecule has 30 heavy (non-hydrogen) atoms. The van der Waals surface area contributed by atoms with Gasteiger partial charge in [-0.25, -0.2) is 0 Å². The average Bonchev–Trinajstić information content (AvgIpc) is 2.71. The number of anilines is 1. The summed E-state index contributed by atoms with van der Waals surface area (Å²) >= 11 is 0. The second kappa shape index (κ2) is 12.6. The molecular formula is C23H40IN5O. The minimum absolute atomic E-state index is 0. The highest BCUT2D eigenvalue weighted by atomic mass is 127. The summed E-state index contributed by atoms with van der Waals surface area (Å²) < 4.78 is 0. The monoisotopic (exact) mass is 529 g/mol. The van der Waals surface area contributed by atoms with E-state index in [1.54, 1.807) is 6.07 Å². The first kappa shape index (κ1) is 25.0. The molecule has 1 atom stereocenters. The smallest absolute Gasteiger partial charge is 0.194 e. The van der Waals surface area contributed by atoms with E-state index in [0.717, 1.165) is 56.8 Å². The molecule has 7 heteroatoms. The van der Waals surface area contributed by atoms with Gasteiger partial charge in [-0.3, -0.25) is 4.99 Å². The molecule has 2 aliphatic rings. The molecule has 2 saturated heterocycles. The number of halogens is 1. The summed E-state index contributed by atoms with van der Waals surface area (Å²) in [5.74, 6) is 2.81. The zero-order chi connectivity index (χ0) is 20.6. The first-order valence-electron chi connectivity index (χ1n) is 11.3. The number of guanidine groups is 1. The Morgan fingerprint density at radius 1 is 1.17 bits per heavy atom. The zero-order valence-corrected chi connectivity index (χ0v) is 21.2. The second-order valence-electron chi connectivity index (χ2n) is 8.82.